The summed E-state index contributed by atoms with van der Waals surface area (Å²) in [7, 11) is 3.13. The number of hydrogen-bond acceptors (Lipinski definition) is 4. The van der Waals surface area contributed by atoms with Gasteiger partial charge in [0.15, 0.2) is 0 Å². The molecule has 0 unspecified atom stereocenters. The van der Waals surface area contributed by atoms with Crippen LogP contribution >= 0.6 is 0 Å². The monoisotopic (exact) mass is 417 g/mol. The molecule has 4 aromatic rings. The summed E-state index contributed by atoms with van der Waals surface area (Å²) < 4.78 is 26.3. The summed E-state index contributed by atoms with van der Waals surface area (Å²) in [5.74, 6) is 0.192. The quantitative estimate of drug-likeness (QED) is 0.482. The molecule has 0 aliphatic carbocycles. The van der Waals surface area contributed by atoms with E-state index in [1.54, 1.807) is 44.6 Å². The largest absolute Gasteiger partial charge is 0.497 e. The first-order valence-electron chi connectivity index (χ1n) is 9.54. The maximum atomic E-state index is 14.1. The number of rotatable bonds is 6. The van der Waals surface area contributed by atoms with E-state index in [4.69, 9.17) is 9.47 Å². The molecule has 0 radical (unpaired) electrons. The van der Waals surface area contributed by atoms with Gasteiger partial charge in [-0.15, -0.1) is 0 Å². The Morgan fingerprint density at radius 1 is 0.935 bits per heavy atom. The molecule has 3 aromatic carbocycles. The molecule has 0 fully saturated rings. The van der Waals surface area contributed by atoms with Gasteiger partial charge in [0.25, 0.3) is 5.91 Å². The van der Waals surface area contributed by atoms with E-state index in [1.807, 2.05) is 36.4 Å². The van der Waals surface area contributed by atoms with Crippen LogP contribution in [0.3, 0.4) is 0 Å². The average Bonchev–Trinajstić information content (AvgIpc) is 3.26. The van der Waals surface area contributed by atoms with Crippen LogP contribution in [-0.2, 0) is 0 Å². The highest BCUT2D eigenvalue weighted by Gasteiger charge is 2.20. The number of nitrogens with one attached hydrogen (secondary N) is 1. The number of nitrogens with zero attached hydrogens (tertiary/aromatic N) is 2. The van der Waals surface area contributed by atoms with E-state index in [9.17, 15) is 9.18 Å². The van der Waals surface area contributed by atoms with Crippen LogP contribution in [0.25, 0.3) is 16.9 Å². The molecule has 1 aromatic heterocycles. The number of aromatic nitrogens is 2. The van der Waals surface area contributed by atoms with E-state index in [-0.39, 0.29) is 11.4 Å². The first-order valence-corrected chi connectivity index (χ1v) is 9.54. The summed E-state index contributed by atoms with van der Waals surface area (Å²) in [5, 5.41) is 7.26. The van der Waals surface area contributed by atoms with Gasteiger partial charge in [-0.25, -0.2) is 9.07 Å². The molecule has 0 aliphatic rings. The molecule has 31 heavy (non-hydrogen) atoms. The average molecular weight is 417 g/mol. The number of anilines is 1. The Balaban J connectivity index is 1.80. The zero-order valence-corrected chi connectivity index (χ0v) is 17.0. The molecule has 0 bridgehead atoms. The Morgan fingerprint density at radius 3 is 2.39 bits per heavy atom. The fourth-order valence-corrected chi connectivity index (χ4v) is 3.20. The van der Waals surface area contributed by atoms with E-state index in [0.29, 0.717) is 28.4 Å². The lowest BCUT2D eigenvalue weighted by Gasteiger charge is -2.09. The minimum atomic E-state index is -0.515. The predicted molar refractivity (Wildman–Crippen MR) is 116 cm³/mol. The smallest absolute Gasteiger partial charge is 0.274 e. The Labute approximate surface area is 178 Å². The van der Waals surface area contributed by atoms with E-state index in [2.05, 4.69) is 10.4 Å². The number of hydrogen-bond donors (Lipinski definition) is 1. The summed E-state index contributed by atoms with van der Waals surface area (Å²) in [4.78, 5) is 13.1. The van der Waals surface area contributed by atoms with Crippen molar-refractivity contribution in [3.05, 3.63) is 90.4 Å². The number of carbonyl (C=O) groups excluding carboxylic acids is 1. The van der Waals surface area contributed by atoms with Gasteiger partial charge >= 0.3 is 0 Å². The number of benzene rings is 3. The number of halogens is 1. The van der Waals surface area contributed by atoms with Crippen LogP contribution in [0.4, 0.5) is 10.1 Å². The van der Waals surface area contributed by atoms with Crippen molar-refractivity contribution < 1.29 is 18.7 Å². The Morgan fingerprint density at radius 2 is 1.68 bits per heavy atom. The molecule has 0 saturated heterocycles. The topological polar surface area (TPSA) is 65.4 Å². The van der Waals surface area contributed by atoms with Crippen molar-refractivity contribution in [2.24, 2.45) is 0 Å². The minimum absolute atomic E-state index is 0.0943. The van der Waals surface area contributed by atoms with Gasteiger partial charge < -0.3 is 14.8 Å². The second-order valence-electron chi connectivity index (χ2n) is 6.66. The second-order valence-corrected chi connectivity index (χ2v) is 6.66. The maximum absolute atomic E-state index is 14.1. The van der Waals surface area contributed by atoms with Crippen LogP contribution in [0.2, 0.25) is 0 Å². The SMILES string of the molecule is COc1ccc(-c2cc(C(=O)Nc3ccccc3F)n(-c3ccccc3)n2)c(OC)c1. The highest BCUT2D eigenvalue weighted by atomic mass is 19.1. The third-order valence-electron chi connectivity index (χ3n) is 4.75. The van der Waals surface area contributed by atoms with Crippen LogP contribution in [-0.4, -0.2) is 29.9 Å². The molecule has 0 spiro atoms. The lowest BCUT2D eigenvalue weighted by molar-refractivity contribution is 0.101. The van der Waals surface area contributed by atoms with Crippen molar-refractivity contribution in [1.29, 1.82) is 0 Å². The van der Waals surface area contributed by atoms with Crippen LogP contribution in [0.1, 0.15) is 10.5 Å². The molecule has 7 heteroatoms. The zero-order chi connectivity index (χ0) is 21.8. The molecule has 1 amide bonds. The third-order valence-corrected chi connectivity index (χ3v) is 4.75. The minimum Gasteiger partial charge on any atom is -0.497 e. The van der Waals surface area contributed by atoms with E-state index in [1.165, 1.54) is 16.8 Å². The van der Waals surface area contributed by atoms with Crippen LogP contribution in [0, 0.1) is 5.82 Å². The van der Waals surface area contributed by atoms with Gasteiger partial charge in [0.2, 0.25) is 0 Å². The summed E-state index contributed by atoms with van der Waals surface area (Å²) >= 11 is 0. The first kappa shape index (κ1) is 20.2. The van der Waals surface area contributed by atoms with Gasteiger partial charge in [-0.05, 0) is 42.5 Å². The molecule has 4 rings (SSSR count). The molecule has 156 valence electrons. The summed E-state index contributed by atoms with van der Waals surface area (Å²) in [6, 6.07) is 22.3. The van der Waals surface area contributed by atoms with E-state index < -0.39 is 11.7 Å². The fraction of sp³-hybridized carbons (Fsp3) is 0.0833. The van der Waals surface area contributed by atoms with Crippen molar-refractivity contribution in [3.63, 3.8) is 0 Å². The lowest BCUT2D eigenvalue weighted by Crippen LogP contribution is -2.17. The van der Waals surface area contributed by atoms with Gasteiger partial charge in [0.05, 0.1) is 31.3 Å². The number of para-hydroxylation sites is 2. The highest BCUT2D eigenvalue weighted by Crippen LogP contribution is 2.33. The molecule has 6 nitrogen and oxygen atoms in total. The van der Waals surface area contributed by atoms with Crippen LogP contribution < -0.4 is 14.8 Å². The Kier molecular flexibility index (Phi) is 5.66. The standard InChI is InChI=1S/C24H20FN3O3/c1-30-17-12-13-18(23(14-17)31-2)21-15-22(28(27-21)16-8-4-3-5-9-16)24(29)26-20-11-7-6-10-19(20)25/h3-15H,1-2H3,(H,26,29). The zero-order valence-electron chi connectivity index (χ0n) is 17.0. The number of ether oxygens (including phenoxy) is 2. The summed E-state index contributed by atoms with van der Waals surface area (Å²) in [5.41, 5.74) is 2.26. The summed E-state index contributed by atoms with van der Waals surface area (Å²) in [6.45, 7) is 0. The summed E-state index contributed by atoms with van der Waals surface area (Å²) in [6.07, 6.45) is 0. The van der Waals surface area contributed by atoms with Crippen molar-refractivity contribution in [2.75, 3.05) is 19.5 Å². The Bertz CT molecular complexity index is 1220. The molecule has 1 heterocycles. The van der Waals surface area contributed by atoms with E-state index in [0.717, 1.165) is 0 Å². The highest BCUT2D eigenvalue weighted by molar-refractivity contribution is 6.04. The molecular formula is C24H20FN3O3. The van der Waals surface area contributed by atoms with Gasteiger partial charge in [-0.2, -0.15) is 5.10 Å². The molecule has 0 saturated carbocycles. The van der Waals surface area contributed by atoms with Gasteiger partial charge in [0.1, 0.15) is 23.0 Å². The number of methoxy groups -OCH3 is 2. The lowest BCUT2D eigenvalue weighted by atomic mass is 10.1. The van der Waals surface area contributed by atoms with Crippen molar-refractivity contribution in [1.82, 2.24) is 9.78 Å². The van der Waals surface area contributed by atoms with Crippen LogP contribution in [0.15, 0.2) is 78.9 Å². The first-order chi connectivity index (χ1) is 15.1. The molecular weight excluding hydrogens is 397 g/mol. The van der Waals surface area contributed by atoms with E-state index >= 15 is 0 Å². The Hall–Kier alpha value is -4.13. The van der Waals surface area contributed by atoms with Gasteiger partial charge in [-0.1, -0.05) is 30.3 Å². The number of carbonyl (C=O) groups is 1. The molecule has 0 atom stereocenters. The second kappa shape index (κ2) is 8.71. The van der Waals surface area contributed by atoms with Crippen molar-refractivity contribution in [2.45, 2.75) is 0 Å². The molecule has 1 N–H and O–H groups in total. The normalized spacial score (nSPS) is 10.5. The van der Waals surface area contributed by atoms with Gasteiger partial charge in [-0.3, -0.25) is 4.79 Å². The third kappa shape index (κ3) is 4.11. The van der Waals surface area contributed by atoms with Gasteiger partial charge in [0, 0.05) is 11.6 Å². The fourth-order valence-electron chi connectivity index (χ4n) is 3.20. The predicted octanol–water partition coefficient (Wildman–Crippen LogP) is 4.95. The van der Waals surface area contributed by atoms with Crippen molar-refractivity contribution in [3.8, 4) is 28.4 Å². The van der Waals surface area contributed by atoms with Crippen LogP contribution in [0.5, 0.6) is 11.5 Å². The molecule has 0 aliphatic heterocycles. The maximum Gasteiger partial charge on any atom is 0.274 e. The number of amides is 1. The van der Waals surface area contributed by atoms with Crippen molar-refractivity contribution >= 4 is 11.6 Å².